The predicted octanol–water partition coefficient (Wildman–Crippen LogP) is 2.63. The Hall–Kier alpha value is -1.06. The van der Waals surface area contributed by atoms with E-state index in [-0.39, 0.29) is 0 Å². The average molecular weight is 273 g/mol. The van der Waals surface area contributed by atoms with Crippen LogP contribution in [0, 0.1) is 6.92 Å². The summed E-state index contributed by atoms with van der Waals surface area (Å²) in [6.07, 6.45) is 5.12. The molecule has 2 aliphatic heterocycles. The average Bonchev–Trinajstić information content (AvgIpc) is 2.49. The van der Waals surface area contributed by atoms with Gasteiger partial charge in [0.15, 0.2) is 0 Å². The van der Waals surface area contributed by atoms with E-state index in [0.717, 1.165) is 25.6 Å². The summed E-state index contributed by atoms with van der Waals surface area (Å²) in [5, 5.41) is 10.6. The minimum Gasteiger partial charge on any atom is -0.381 e. The molecule has 3 heteroatoms. The zero-order valence-electron chi connectivity index (χ0n) is 12.5. The molecule has 3 rings (SSSR count). The van der Waals surface area contributed by atoms with Gasteiger partial charge in [0.25, 0.3) is 0 Å². The lowest BCUT2D eigenvalue weighted by Crippen LogP contribution is -2.38. The fourth-order valence-electron chi connectivity index (χ4n) is 3.57. The third kappa shape index (κ3) is 3.33. The Balaban J connectivity index is 1.66. The number of benzene rings is 1. The number of rotatable bonds is 3. The molecular formula is C17H27N3. The lowest BCUT2D eigenvalue weighted by atomic mass is 9.87. The smallest absolute Gasteiger partial charge is 0.0386 e. The molecule has 1 unspecified atom stereocenters. The molecule has 0 aromatic heterocycles. The zero-order chi connectivity index (χ0) is 13.8. The molecule has 1 aromatic carbocycles. The maximum atomic E-state index is 3.68. The van der Waals surface area contributed by atoms with E-state index in [0.29, 0.717) is 6.04 Å². The molecule has 2 heterocycles. The summed E-state index contributed by atoms with van der Waals surface area (Å²) < 4.78 is 0. The van der Waals surface area contributed by atoms with Crippen molar-refractivity contribution in [1.29, 1.82) is 0 Å². The monoisotopic (exact) mass is 273 g/mol. The van der Waals surface area contributed by atoms with Gasteiger partial charge in [0.05, 0.1) is 0 Å². The maximum Gasteiger partial charge on any atom is 0.0386 e. The first-order chi connectivity index (χ1) is 9.83. The van der Waals surface area contributed by atoms with Crippen molar-refractivity contribution in [3.63, 3.8) is 0 Å². The second-order valence-corrected chi connectivity index (χ2v) is 6.28. The molecule has 0 spiro atoms. The number of hydrogen-bond donors (Lipinski definition) is 3. The Bertz CT molecular complexity index is 432. The highest BCUT2D eigenvalue weighted by Gasteiger charge is 2.18. The van der Waals surface area contributed by atoms with Crippen molar-refractivity contribution >= 4 is 5.69 Å². The number of anilines is 1. The molecule has 1 atom stereocenters. The topological polar surface area (TPSA) is 36.1 Å². The van der Waals surface area contributed by atoms with Crippen molar-refractivity contribution < 1.29 is 0 Å². The normalized spacial score (nSPS) is 24.6. The van der Waals surface area contributed by atoms with Crippen LogP contribution in [0.2, 0.25) is 0 Å². The summed E-state index contributed by atoms with van der Waals surface area (Å²) in [4.78, 5) is 0. The van der Waals surface area contributed by atoms with Gasteiger partial charge in [-0.15, -0.1) is 0 Å². The molecular weight excluding hydrogens is 246 g/mol. The number of hydrogen-bond acceptors (Lipinski definition) is 3. The second-order valence-electron chi connectivity index (χ2n) is 6.28. The summed E-state index contributed by atoms with van der Waals surface area (Å²) in [5.74, 6) is 0.752. The van der Waals surface area contributed by atoms with E-state index >= 15 is 0 Å². The van der Waals surface area contributed by atoms with Crippen molar-refractivity contribution in [2.75, 3.05) is 31.5 Å². The molecule has 110 valence electrons. The highest BCUT2D eigenvalue weighted by Crippen LogP contribution is 2.29. The first-order valence-electron chi connectivity index (χ1n) is 8.11. The van der Waals surface area contributed by atoms with Gasteiger partial charge in [0.1, 0.15) is 0 Å². The number of aryl methyl sites for hydroxylation is 1. The van der Waals surface area contributed by atoms with E-state index in [1.54, 1.807) is 5.56 Å². The Morgan fingerprint density at radius 3 is 2.60 bits per heavy atom. The Morgan fingerprint density at radius 2 is 1.90 bits per heavy atom. The molecule has 1 aromatic rings. The van der Waals surface area contributed by atoms with Crippen molar-refractivity contribution in [3.8, 4) is 0 Å². The minimum absolute atomic E-state index is 0.591. The first-order valence-corrected chi connectivity index (χ1v) is 8.11. The molecule has 0 amide bonds. The third-order valence-electron chi connectivity index (χ3n) is 4.72. The van der Waals surface area contributed by atoms with E-state index in [2.05, 4.69) is 41.1 Å². The predicted molar refractivity (Wildman–Crippen MR) is 85.5 cm³/mol. The lowest BCUT2D eigenvalue weighted by molar-refractivity contribution is 0.459. The van der Waals surface area contributed by atoms with Crippen LogP contribution in [0.3, 0.4) is 0 Å². The van der Waals surface area contributed by atoms with Gasteiger partial charge >= 0.3 is 0 Å². The van der Waals surface area contributed by atoms with E-state index in [4.69, 9.17) is 0 Å². The van der Waals surface area contributed by atoms with E-state index in [1.807, 2.05) is 0 Å². The van der Waals surface area contributed by atoms with E-state index < -0.39 is 0 Å². The largest absolute Gasteiger partial charge is 0.381 e. The summed E-state index contributed by atoms with van der Waals surface area (Å²) in [5.41, 5.74) is 4.29. The highest BCUT2D eigenvalue weighted by atomic mass is 15.0. The molecule has 2 aliphatic rings. The molecule has 2 saturated heterocycles. The molecule has 0 radical (unpaired) electrons. The summed E-state index contributed by atoms with van der Waals surface area (Å²) >= 11 is 0. The summed E-state index contributed by atoms with van der Waals surface area (Å²) in [6.45, 7) is 6.86. The SMILES string of the molecule is Cc1cc(NC2CCCNC2)ccc1C1CCNCC1. The second kappa shape index (κ2) is 6.59. The minimum atomic E-state index is 0.591. The molecule has 20 heavy (non-hydrogen) atoms. The van der Waals surface area contributed by atoms with Crippen LogP contribution in [-0.2, 0) is 0 Å². The van der Waals surface area contributed by atoms with E-state index in [1.165, 1.54) is 43.5 Å². The van der Waals surface area contributed by atoms with Crippen molar-refractivity contribution in [3.05, 3.63) is 29.3 Å². The molecule has 0 saturated carbocycles. The molecule has 0 aliphatic carbocycles. The van der Waals surface area contributed by atoms with Crippen molar-refractivity contribution in [1.82, 2.24) is 10.6 Å². The van der Waals surface area contributed by atoms with Crippen LogP contribution in [0.5, 0.6) is 0 Å². The van der Waals surface area contributed by atoms with Crippen molar-refractivity contribution in [2.45, 2.75) is 44.6 Å². The van der Waals surface area contributed by atoms with Gasteiger partial charge in [0.2, 0.25) is 0 Å². The van der Waals surface area contributed by atoms with Gasteiger partial charge in [-0.1, -0.05) is 6.07 Å². The fraction of sp³-hybridized carbons (Fsp3) is 0.647. The fourth-order valence-corrected chi connectivity index (χ4v) is 3.57. The van der Waals surface area contributed by atoms with Crippen LogP contribution in [0.1, 0.15) is 42.7 Å². The summed E-state index contributed by atoms with van der Waals surface area (Å²) in [7, 11) is 0. The van der Waals surface area contributed by atoms with Gasteiger partial charge in [-0.3, -0.25) is 0 Å². The molecule has 0 bridgehead atoms. The maximum absolute atomic E-state index is 3.68. The number of piperidine rings is 2. The highest BCUT2D eigenvalue weighted by molar-refractivity contribution is 5.50. The van der Waals surface area contributed by atoms with Crippen LogP contribution >= 0.6 is 0 Å². The van der Waals surface area contributed by atoms with Crippen LogP contribution in [0.25, 0.3) is 0 Å². The lowest BCUT2D eigenvalue weighted by Gasteiger charge is -2.27. The van der Waals surface area contributed by atoms with Gasteiger partial charge < -0.3 is 16.0 Å². The van der Waals surface area contributed by atoms with Gasteiger partial charge in [-0.25, -0.2) is 0 Å². The molecule has 3 N–H and O–H groups in total. The quantitative estimate of drug-likeness (QED) is 0.792. The van der Waals surface area contributed by atoms with Crippen LogP contribution in [-0.4, -0.2) is 32.2 Å². The molecule has 3 nitrogen and oxygen atoms in total. The summed E-state index contributed by atoms with van der Waals surface area (Å²) in [6, 6.07) is 7.56. The Kier molecular flexibility index (Phi) is 4.58. The molecule has 2 fully saturated rings. The van der Waals surface area contributed by atoms with Crippen LogP contribution < -0.4 is 16.0 Å². The van der Waals surface area contributed by atoms with E-state index in [9.17, 15) is 0 Å². The third-order valence-corrected chi connectivity index (χ3v) is 4.72. The van der Waals surface area contributed by atoms with Crippen molar-refractivity contribution in [2.24, 2.45) is 0 Å². The van der Waals surface area contributed by atoms with Gasteiger partial charge in [-0.2, -0.15) is 0 Å². The first kappa shape index (κ1) is 13.9. The Morgan fingerprint density at radius 1 is 1.05 bits per heavy atom. The van der Waals surface area contributed by atoms with Crippen LogP contribution in [0.15, 0.2) is 18.2 Å². The van der Waals surface area contributed by atoms with Crippen LogP contribution in [0.4, 0.5) is 5.69 Å². The Labute approximate surface area is 122 Å². The number of nitrogens with one attached hydrogen (secondary N) is 3. The zero-order valence-corrected chi connectivity index (χ0v) is 12.5. The standard InChI is InChI=1S/C17H27N3/c1-13-11-15(20-16-3-2-8-19-12-16)4-5-17(13)14-6-9-18-10-7-14/h4-5,11,14,16,18-20H,2-3,6-10,12H2,1H3. The van der Waals surface area contributed by atoms with Gasteiger partial charge in [-0.05, 0) is 81.4 Å². The van der Waals surface area contributed by atoms with Gasteiger partial charge in [0, 0.05) is 18.3 Å².